The van der Waals surface area contributed by atoms with Gasteiger partial charge in [-0.3, -0.25) is 0 Å². The highest BCUT2D eigenvalue weighted by atomic mass is 16.7. The first-order valence-corrected chi connectivity index (χ1v) is 7.54. The van der Waals surface area contributed by atoms with Crippen molar-refractivity contribution in [2.45, 2.75) is 76.2 Å². The fourth-order valence-electron chi connectivity index (χ4n) is 2.31. The minimum atomic E-state index is -1.24. The monoisotopic (exact) mass is 292 g/mol. The van der Waals surface area contributed by atoms with Gasteiger partial charge in [0, 0.05) is 6.61 Å². The molecule has 1 aliphatic rings. The average molecular weight is 292 g/mol. The van der Waals surface area contributed by atoms with Crippen LogP contribution in [0.3, 0.4) is 0 Å². The molecule has 5 atom stereocenters. The summed E-state index contributed by atoms with van der Waals surface area (Å²) in [6, 6.07) is 0. The first-order chi connectivity index (χ1) is 9.61. The summed E-state index contributed by atoms with van der Waals surface area (Å²) < 4.78 is 10.6. The van der Waals surface area contributed by atoms with Gasteiger partial charge in [-0.15, -0.1) is 0 Å². The van der Waals surface area contributed by atoms with E-state index in [1.165, 1.54) is 25.7 Å². The number of hydrogen-bond acceptors (Lipinski definition) is 6. The van der Waals surface area contributed by atoms with E-state index in [1.807, 2.05) is 0 Å². The Bertz CT molecular complexity index is 250. The van der Waals surface area contributed by atoms with Gasteiger partial charge in [-0.05, 0) is 6.42 Å². The molecule has 0 amide bonds. The maximum Gasteiger partial charge on any atom is 0.186 e. The molecule has 0 bridgehead atoms. The lowest BCUT2D eigenvalue weighted by molar-refractivity contribution is -0.181. The lowest BCUT2D eigenvalue weighted by Gasteiger charge is -2.18. The molecule has 1 rings (SSSR count). The molecule has 0 saturated carbocycles. The predicted octanol–water partition coefficient (Wildman–Crippen LogP) is 0.163. The smallest absolute Gasteiger partial charge is 0.186 e. The quantitative estimate of drug-likeness (QED) is 0.428. The van der Waals surface area contributed by atoms with Crippen molar-refractivity contribution in [1.29, 1.82) is 0 Å². The van der Waals surface area contributed by atoms with E-state index in [2.05, 4.69) is 6.92 Å². The molecule has 120 valence electrons. The Morgan fingerprint density at radius 3 is 2.35 bits per heavy atom. The predicted molar refractivity (Wildman–Crippen MR) is 73.1 cm³/mol. The van der Waals surface area contributed by atoms with Crippen molar-refractivity contribution in [2.75, 3.05) is 13.2 Å². The minimum Gasteiger partial charge on any atom is -0.394 e. The molecule has 0 unspecified atom stereocenters. The van der Waals surface area contributed by atoms with Crippen molar-refractivity contribution in [1.82, 2.24) is 0 Å². The molecule has 0 radical (unpaired) electrons. The van der Waals surface area contributed by atoms with Crippen LogP contribution in [0.5, 0.6) is 0 Å². The van der Waals surface area contributed by atoms with Crippen LogP contribution in [0.1, 0.15) is 45.4 Å². The second kappa shape index (κ2) is 9.65. The van der Waals surface area contributed by atoms with Crippen molar-refractivity contribution in [2.24, 2.45) is 0 Å². The number of ether oxygens (including phenoxy) is 2. The van der Waals surface area contributed by atoms with Gasteiger partial charge in [-0.25, -0.2) is 0 Å². The summed E-state index contributed by atoms with van der Waals surface area (Å²) in [4.78, 5) is 0. The topological polar surface area (TPSA) is 99.4 Å². The highest BCUT2D eigenvalue weighted by molar-refractivity contribution is 4.90. The molecule has 1 fully saturated rings. The average Bonchev–Trinajstić information content (AvgIpc) is 2.74. The molecule has 6 heteroatoms. The van der Waals surface area contributed by atoms with E-state index in [9.17, 15) is 15.3 Å². The molecular weight excluding hydrogens is 264 g/mol. The van der Waals surface area contributed by atoms with E-state index in [0.29, 0.717) is 6.61 Å². The number of aliphatic hydroxyl groups is 4. The Morgan fingerprint density at radius 1 is 1.05 bits per heavy atom. The Kier molecular flexibility index (Phi) is 8.60. The lowest BCUT2D eigenvalue weighted by atomic mass is 10.1. The van der Waals surface area contributed by atoms with Crippen LogP contribution < -0.4 is 0 Å². The van der Waals surface area contributed by atoms with E-state index < -0.39 is 37.3 Å². The van der Waals surface area contributed by atoms with Crippen LogP contribution in [0.15, 0.2) is 0 Å². The zero-order valence-electron chi connectivity index (χ0n) is 12.1. The molecule has 1 saturated heterocycles. The van der Waals surface area contributed by atoms with Crippen molar-refractivity contribution < 1.29 is 29.9 Å². The second-order valence-electron chi connectivity index (χ2n) is 5.34. The summed E-state index contributed by atoms with van der Waals surface area (Å²) in [6.07, 6.45) is 1.19. The summed E-state index contributed by atoms with van der Waals surface area (Å²) in [5.41, 5.74) is 0. The van der Waals surface area contributed by atoms with E-state index in [0.717, 1.165) is 12.8 Å². The molecule has 0 aromatic carbocycles. The Balaban J connectivity index is 2.17. The standard InChI is InChI=1S/C14H28O6/c1-2-3-4-5-6-7-8-19-14-12(18)11(17)13(20-14)10(16)9-15/h10-18H,2-9H2,1H3/t10-,11-,12-,13-,14+/m1/s1. The number of aliphatic hydroxyl groups excluding tert-OH is 4. The van der Waals surface area contributed by atoms with Gasteiger partial charge in [-0.2, -0.15) is 0 Å². The number of unbranched alkanes of at least 4 members (excludes halogenated alkanes) is 5. The van der Waals surface area contributed by atoms with Gasteiger partial charge >= 0.3 is 0 Å². The van der Waals surface area contributed by atoms with Crippen LogP contribution in [-0.4, -0.2) is 64.3 Å². The van der Waals surface area contributed by atoms with Crippen molar-refractivity contribution >= 4 is 0 Å². The fourth-order valence-corrected chi connectivity index (χ4v) is 2.31. The summed E-state index contributed by atoms with van der Waals surface area (Å²) in [5.74, 6) is 0. The minimum absolute atomic E-state index is 0.447. The Hall–Kier alpha value is -0.240. The number of rotatable bonds is 10. The maximum absolute atomic E-state index is 9.75. The zero-order valence-corrected chi connectivity index (χ0v) is 12.1. The van der Waals surface area contributed by atoms with Crippen LogP contribution in [0.4, 0.5) is 0 Å². The zero-order chi connectivity index (χ0) is 15.0. The van der Waals surface area contributed by atoms with Crippen molar-refractivity contribution in [3.8, 4) is 0 Å². The van der Waals surface area contributed by atoms with Crippen LogP contribution >= 0.6 is 0 Å². The van der Waals surface area contributed by atoms with Crippen molar-refractivity contribution in [3.05, 3.63) is 0 Å². The molecular formula is C14H28O6. The van der Waals surface area contributed by atoms with Gasteiger partial charge in [0.1, 0.15) is 24.4 Å². The van der Waals surface area contributed by atoms with Crippen LogP contribution in [0.25, 0.3) is 0 Å². The molecule has 20 heavy (non-hydrogen) atoms. The second-order valence-corrected chi connectivity index (χ2v) is 5.34. The third-order valence-corrected chi connectivity index (χ3v) is 3.60. The summed E-state index contributed by atoms with van der Waals surface area (Å²) in [7, 11) is 0. The van der Waals surface area contributed by atoms with Crippen LogP contribution in [0.2, 0.25) is 0 Å². The van der Waals surface area contributed by atoms with E-state index >= 15 is 0 Å². The third-order valence-electron chi connectivity index (χ3n) is 3.60. The highest BCUT2D eigenvalue weighted by Gasteiger charge is 2.46. The van der Waals surface area contributed by atoms with E-state index in [4.69, 9.17) is 14.6 Å². The largest absolute Gasteiger partial charge is 0.394 e. The first kappa shape index (κ1) is 17.8. The van der Waals surface area contributed by atoms with Gasteiger partial charge in [0.05, 0.1) is 6.61 Å². The molecule has 1 heterocycles. The highest BCUT2D eigenvalue weighted by Crippen LogP contribution is 2.24. The van der Waals surface area contributed by atoms with E-state index in [-0.39, 0.29) is 0 Å². The first-order valence-electron chi connectivity index (χ1n) is 7.54. The summed E-state index contributed by atoms with van der Waals surface area (Å²) in [6.45, 7) is 2.09. The molecule has 1 aliphatic heterocycles. The van der Waals surface area contributed by atoms with Gasteiger partial charge in [0.15, 0.2) is 6.29 Å². The molecule has 0 aromatic rings. The molecule has 0 aromatic heterocycles. The number of hydrogen-bond donors (Lipinski definition) is 4. The summed E-state index contributed by atoms with van der Waals surface area (Å²) >= 11 is 0. The summed E-state index contributed by atoms with van der Waals surface area (Å²) in [5, 5.41) is 37.7. The maximum atomic E-state index is 9.75. The molecule has 6 nitrogen and oxygen atoms in total. The van der Waals surface area contributed by atoms with Gasteiger partial charge in [0.25, 0.3) is 0 Å². The Morgan fingerprint density at radius 2 is 1.70 bits per heavy atom. The SMILES string of the molecule is CCCCCCCCO[C@H]1O[C@H]([C@H](O)CO)[C@H](O)[C@H]1O. The molecule has 0 spiro atoms. The van der Waals surface area contributed by atoms with Gasteiger partial charge < -0.3 is 29.9 Å². The van der Waals surface area contributed by atoms with Gasteiger partial charge in [-0.1, -0.05) is 39.0 Å². The van der Waals surface area contributed by atoms with Gasteiger partial charge in [0.2, 0.25) is 0 Å². The fraction of sp³-hybridized carbons (Fsp3) is 1.00. The normalized spacial score (nSPS) is 31.6. The lowest BCUT2D eigenvalue weighted by Crippen LogP contribution is -2.40. The third kappa shape index (κ3) is 5.27. The molecule has 0 aliphatic carbocycles. The molecule has 4 N–H and O–H groups in total. The van der Waals surface area contributed by atoms with Crippen LogP contribution in [-0.2, 0) is 9.47 Å². The van der Waals surface area contributed by atoms with Crippen molar-refractivity contribution in [3.63, 3.8) is 0 Å². The Labute approximate surface area is 120 Å². The van der Waals surface area contributed by atoms with Crippen LogP contribution in [0, 0.1) is 0 Å². The van der Waals surface area contributed by atoms with E-state index in [1.54, 1.807) is 0 Å².